The Hall–Kier alpha value is -1.32. The zero-order chi connectivity index (χ0) is 9.97. The highest BCUT2D eigenvalue weighted by Crippen LogP contribution is 2.19. The van der Waals surface area contributed by atoms with Crippen LogP contribution in [0, 0.1) is 5.92 Å². The number of nitrogens with one attached hydrogen (secondary N) is 1. The van der Waals surface area contributed by atoms with Gasteiger partial charge in [-0.1, -0.05) is 6.92 Å². The van der Waals surface area contributed by atoms with E-state index in [4.69, 9.17) is 0 Å². The summed E-state index contributed by atoms with van der Waals surface area (Å²) in [5.74, 6) is 1.50. The minimum atomic E-state index is -0.0757. The predicted molar refractivity (Wildman–Crippen MR) is 55.5 cm³/mol. The molecule has 1 saturated heterocycles. The minimum Gasteiger partial charge on any atom is -0.356 e. The van der Waals surface area contributed by atoms with E-state index in [1.54, 1.807) is 6.07 Å². The number of hydrogen-bond acceptors (Lipinski definition) is 3. The zero-order valence-electron chi connectivity index (χ0n) is 8.36. The molecule has 1 atom stereocenters. The SMILES string of the molecule is CC1CCCN(c2cc(=O)[nH]cn2)C1. The van der Waals surface area contributed by atoms with Gasteiger partial charge in [-0.25, -0.2) is 4.98 Å². The number of aromatic nitrogens is 2. The molecule has 0 saturated carbocycles. The molecule has 1 N–H and O–H groups in total. The van der Waals surface area contributed by atoms with Crippen LogP contribution in [-0.4, -0.2) is 23.1 Å². The number of aromatic amines is 1. The van der Waals surface area contributed by atoms with E-state index in [9.17, 15) is 4.79 Å². The lowest BCUT2D eigenvalue weighted by Crippen LogP contribution is -2.35. The molecule has 4 heteroatoms. The molecule has 1 aromatic heterocycles. The summed E-state index contributed by atoms with van der Waals surface area (Å²) in [5, 5.41) is 0. The molecular weight excluding hydrogens is 178 g/mol. The number of hydrogen-bond donors (Lipinski definition) is 1. The van der Waals surface area contributed by atoms with Crippen molar-refractivity contribution in [3.05, 3.63) is 22.7 Å². The summed E-state index contributed by atoms with van der Waals surface area (Å²) in [7, 11) is 0. The fraction of sp³-hybridized carbons (Fsp3) is 0.600. The summed E-state index contributed by atoms with van der Waals surface area (Å²) in [5.41, 5.74) is -0.0757. The van der Waals surface area contributed by atoms with E-state index in [0.717, 1.165) is 18.9 Å². The largest absolute Gasteiger partial charge is 0.356 e. The van der Waals surface area contributed by atoms with Gasteiger partial charge in [0, 0.05) is 19.2 Å². The maximum Gasteiger partial charge on any atom is 0.252 e. The number of nitrogens with zero attached hydrogens (tertiary/aromatic N) is 2. The smallest absolute Gasteiger partial charge is 0.252 e. The first-order chi connectivity index (χ1) is 6.75. The molecule has 1 unspecified atom stereocenters. The van der Waals surface area contributed by atoms with Crippen LogP contribution in [0.5, 0.6) is 0 Å². The highest BCUT2D eigenvalue weighted by molar-refractivity contribution is 5.36. The highest BCUT2D eigenvalue weighted by Gasteiger charge is 2.17. The van der Waals surface area contributed by atoms with Crippen molar-refractivity contribution in [2.24, 2.45) is 5.92 Å². The molecule has 1 fully saturated rings. The summed E-state index contributed by atoms with van der Waals surface area (Å²) in [6.45, 7) is 4.26. The van der Waals surface area contributed by atoms with Crippen molar-refractivity contribution in [2.45, 2.75) is 19.8 Å². The van der Waals surface area contributed by atoms with E-state index in [-0.39, 0.29) is 5.56 Å². The lowest BCUT2D eigenvalue weighted by molar-refractivity contribution is 0.444. The van der Waals surface area contributed by atoms with Gasteiger partial charge in [-0.05, 0) is 18.8 Å². The Kier molecular flexibility index (Phi) is 2.52. The van der Waals surface area contributed by atoms with Gasteiger partial charge in [-0.15, -0.1) is 0 Å². The summed E-state index contributed by atoms with van der Waals surface area (Å²) < 4.78 is 0. The van der Waals surface area contributed by atoms with Gasteiger partial charge in [0.25, 0.3) is 5.56 Å². The molecule has 1 aromatic rings. The van der Waals surface area contributed by atoms with Gasteiger partial charge < -0.3 is 9.88 Å². The minimum absolute atomic E-state index is 0.0757. The first-order valence-electron chi connectivity index (χ1n) is 5.05. The van der Waals surface area contributed by atoms with Crippen LogP contribution in [-0.2, 0) is 0 Å². The molecule has 2 rings (SSSR count). The Labute approximate surface area is 83.0 Å². The molecule has 0 radical (unpaired) electrons. The van der Waals surface area contributed by atoms with Gasteiger partial charge in [-0.3, -0.25) is 4.79 Å². The van der Waals surface area contributed by atoms with Crippen LogP contribution in [0.3, 0.4) is 0 Å². The summed E-state index contributed by atoms with van der Waals surface area (Å²) in [6, 6.07) is 1.57. The van der Waals surface area contributed by atoms with Gasteiger partial charge >= 0.3 is 0 Å². The van der Waals surface area contributed by atoms with Crippen LogP contribution < -0.4 is 10.5 Å². The third kappa shape index (κ3) is 1.95. The van der Waals surface area contributed by atoms with Crippen molar-refractivity contribution in [3.63, 3.8) is 0 Å². The molecule has 0 bridgehead atoms. The molecule has 1 aliphatic heterocycles. The first-order valence-corrected chi connectivity index (χ1v) is 5.05. The van der Waals surface area contributed by atoms with Crippen LogP contribution >= 0.6 is 0 Å². The van der Waals surface area contributed by atoms with Gasteiger partial charge in [0.05, 0.1) is 6.33 Å². The second-order valence-corrected chi connectivity index (χ2v) is 3.96. The molecule has 0 aliphatic carbocycles. The second kappa shape index (κ2) is 3.82. The Morgan fingerprint density at radius 1 is 1.64 bits per heavy atom. The van der Waals surface area contributed by atoms with E-state index in [0.29, 0.717) is 5.92 Å². The third-order valence-electron chi connectivity index (χ3n) is 2.64. The quantitative estimate of drug-likeness (QED) is 0.724. The Morgan fingerprint density at radius 3 is 3.21 bits per heavy atom. The van der Waals surface area contributed by atoms with E-state index >= 15 is 0 Å². The van der Waals surface area contributed by atoms with Gasteiger partial charge in [-0.2, -0.15) is 0 Å². The molecular formula is C10H15N3O. The van der Waals surface area contributed by atoms with Crippen LogP contribution in [0.1, 0.15) is 19.8 Å². The number of rotatable bonds is 1. The molecule has 4 nitrogen and oxygen atoms in total. The number of anilines is 1. The normalized spacial score (nSPS) is 22.4. The van der Waals surface area contributed by atoms with Crippen molar-refractivity contribution in [2.75, 3.05) is 18.0 Å². The first kappa shape index (κ1) is 9.24. The molecule has 1 aliphatic rings. The Bertz CT molecular complexity index is 360. The van der Waals surface area contributed by atoms with Crippen LogP contribution in [0.4, 0.5) is 5.82 Å². The van der Waals surface area contributed by atoms with Gasteiger partial charge in [0.2, 0.25) is 0 Å². The molecule has 0 spiro atoms. The Balaban J connectivity index is 2.18. The molecule has 0 aromatic carbocycles. The van der Waals surface area contributed by atoms with E-state index < -0.39 is 0 Å². The maximum absolute atomic E-state index is 11.1. The third-order valence-corrected chi connectivity index (χ3v) is 2.64. The van der Waals surface area contributed by atoms with Crippen molar-refractivity contribution in [3.8, 4) is 0 Å². The molecule has 76 valence electrons. The predicted octanol–water partition coefficient (Wildman–Crippen LogP) is 1.01. The fourth-order valence-electron chi connectivity index (χ4n) is 1.93. The van der Waals surface area contributed by atoms with Crippen molar-refractivity contribution in [1.29, 1.82) is 0 Å². The maximum atomic E-state index is 11.1. The van der Waals surface area contributed by atoms with E-state index in [2.05, 4.69) is 21.8 Å². The second-order valence-electron chi connectivity index (χ2n) is 3.96. The number of piperidine rings is 1. The monoisotopic (exact) mass is 193 g/mol. The summed E-state index contributed by atoms with van der Waals surface area (Å²) in [4.78, 5) is 20.0. The Morgan fingerprint density at radius 2 is 2.50 bits per heavy atom. The summed E-state index contributed by atoms with van der Waals surface area (Å²) in [6.07, 6.45) is 3.94. The molecule has 14 heavy (non-hydrogen) atoms. The zero-order valence-corrected chi connectivity index (χ0v) is 8.36. The van der Waals surface area contributed by atoms with Crippen molar-refractivity contribution in [1.82, 2.24) is 9.97 Å². The highest BCUT2D eigenvalue weighted by atomic mass is 16.1. The molecule has 2 heterocycles. The van der Waals surface area contributed by atoms with Crippen molar-refractivity contribution < 1.29 is 0 Å². The number of H-pyrrole nitrogens is 1. The molecule has 0 amide bonds. The lowest BCUT2D eigenvalue weighted by Gasteiger charge is -2.31. The topological polar surface area (TPSA) is 49.0 Å². The fourth-order valence-corrected chi connectivity index (χ4v) is 1.93. The lowest BCUT2D eigenvalue weighted by atomic mass is 10.0. The standard InChI is InChI=1S/C10H15N3O/c1-8-3-2-4-13(6-8)9-5-10(14)12-7-11-9/h5,7-8H,2-4,6H2,1H3,(H,11,12,14). The van der Waals surface area contributed by atoms with Crippen LogP contribution in [0.15, 0.2) is 17.2 Å². The average molecular weight is 193 g/mol. The van der Waals surface area contributed by atoms with E-state index in [1.165, 1.54) is 19.2 Å². The van der Waals surface area contributed by atoms with Crippen molar-refractivity contribution >= 4 is 5.82 Å². The summed E-state index contributed by atoms with van der Waals surface area (Å²) >= 11 is 0. The van der Waals surface area contributed by atoms with E-state index in [1.807, 2.05) is 0 Å². The van der Waals surface area contributed by atoms with Crippen LogP contribution in [0.2, 0.25) is 0 Å². The van der Waals surface area contributed by atoms with Gasteiger partial charge in [0.1, 0.15) is 5.82 Å². The average Bonchev–Trinajstić information content (AvgIpc) is 2.18. The van der Waals surface area contributed by atoms with Gasteiger partial charge in [0.15, 0.2) is 0 Å². The van der Waals surface area contributed by atoms with Crippen LogP contribution in [0.25, 0.3) is 0 Å².